The molecule has 0 spiro atoms. The number of thiophene rings is 3. The zero-order chi connectivity index (χ0) is 41.3. The SMILES string of the molecule is Cc1cc(C(C)(C)C)sc1-c1sc(-c2ccc(C(C)(C)C)s2)cc1C1=C(c2c(-c3ccc(C(C)(C)C)cc3)oc3cc(O)c(O)cc23)C(F)(F)C(F)(F)C1(F)F. The molecule has 3 nitrogen and oxygen atoms in total. The van der Waals surface area contributed by atoms with Crippen molar-refractivity contribution in [1.82, 2.24) is 0 Å². The standard InChI is InChI=1S/C44H42F6O3S3/c1-21-17-32(41(8,9)10)56-37(21)38-25(19-30(55-38)29-15-16-31(54-29)40(5,6)7)34-35(43(47,48)44(49,50)42(34,45)46)33-24-18-26(51)27(52)20-28(24)53-36(33)22-11-13-23(14-12-22)39(2,3)4/h11-20,51-52H,1-10H3. The van der Waals surface area contributed by atoms with Gasteiger partial charge in [-0.2, -0.15) is 26.3 Å². The van der Waals surface area contributed by atoms with Gasteiger partial charge in [-0.25, -0.2) is 0 Å². The van der Waals surface area contributed by atoms with E-state index in [4.69, 9.17) is 4.42 Å². The Kier molecular flexibility index (Phi) is 9.15. The molecule has 2 N–H and O–H groups in total. The molecule has 56 heavy (non-hydrogen) atoms. The molecule has 1 aliphatic carbocycles. The number of phenols is 2. The van der Waals surface area contributed by atoms with Crippen LogP contribution >= 0.6 is 34.0 Å². The molecule has 0 saturated carbocycles. The molecule has 0 fully saturated rings. The highest BCUT2D eigenvalue weighted by molar-refractivity contribution is 7.27. The van der Waals surface area contributed by atoms with E-state index in [0.717, 1.165) is 38.8 Å². The van der Waals surface area contributed by atoms with Crippen molar-refractivity contribution in [2.75, 3.05) is 0 Å². The van der Waals surface area contributed by atoms with Crippen molar-refractivity contribution in [3.63, 3.8) is 0 Å². The number of furan rings is 1. The average Bonchev–Trinajstić information content (AvgIpc) is 3.88. The topological polar surface area (TPSA) is 53.6 Å². The maximum absolute atomic E-state index is 16.8. The van der Waals surface area contributed by atoms with Gasteiger partial charge in [0.2, 0.25) is 0 Å². The Hall–Kier alpha value is -4.00. The minimum atomic E-state index is -5.87. The molecule has 296 valence electrons. The van der Waals surface area contributed by atoms with E-state index in [2.05, 4.69) is 0 Å². The smallest absolute Gasteiger partial charge is 0.380 e. The van der Waals surface area contributed by atoms with E-state index in [-0.39, 0.29) is 37.7 Å². The second-order valence-electron chi connectivity index (χ2n) is 17.6. The van der Waals surface area contributed by atoms with Crippen molar-refractivity contribution >= 4 is 56.1 Å². The lowest BCUT2D eigenvalue weighted by Gasteiger charge is -2.26. The predicted octanol–water partition coefficient (Wildman–Crippen LogP) is 15.1. The fourth-order valence-electron chi connectivity index (χ4n) is 6.92. The van der Waals surface area contributed by atoms with Crippen molar-refractivity contribution in [3.8, 4) is 42.3 Å². The molecule has 0 bridgehead atoms. The fourth-order valence-corrected chi connectivity index (χ4v) is 10.7. The first-order valence-electron chi connectivity index (χ1n) is 18.0. The summed E-state index contributed by atoms with van der Waals surface area (Å²) in [5, 5.41) is 20.6. The van der Waals surface area contributed by atoms with Crippen LogP contribution in [-0.4, -0.2) is 28.0 Å². The van der Waals surface area contributed by atoms with Crippen LogP contribution in [-0.2, 0) is 16.2 Å². The Balaban J connectivity index is 1.63. The number of phenolic OH excluding ortho intramolecular Hbond substituents is 2. The Morgan fingerprint density at radius 1 is 0.589 bits per heavy atom. The largest absolute Gasteiger partial charge is 0.504 e. The number of hydrogen-bond donors (Lipinski definition) is 2. The molecule has 4 aromatic heterocycles. The first kappa shape index (κ1) is 40.2. The van der Waals surface area contributed by atoms with Gasteiger partial charge in [0.15, 0.2) is 11.5 Å². The maximum Gasteiger partial charge on any atom is 0.380 e. The molecule has 7 rings (SSSR count). The van der Waals surface area contributed by atoms with E-state index in [1.54, 1.807) is 31.2 Å². The number of rotatable bonds is 5. The van der Waals surface area contributed by atoms with Gasteiger partial charge in [0.1, 0.15) is 11.3 Å². The maximum atomic E-state index is 16.8. The van der Waals surface area contributed by atoms with Gasteiger partial charge in [-0.1, -0.05) is 86.6 Å². The summed E-state index contributed by atoms with van der Waals surface area (Å²) >= 11 is 3.82. The molecule has 0 unspecified atom stereocenters. The third-order valence-corrected chi connectivity index (χ3v) is 14.8. The Bertz CT molecular complexity index is 2540. The van der Waals surface area contributed by atoms with Gasteiger partial charge in [-0.05, 0) is 64.6 Å². The molecular weight excluding hydrogens is 787 g/mol. The first-order valence-corrected chi connectivity index (χ1v) is 20.5. The molecule has 1 aliphatic rings. The van der Waals surface area contributed by atoms with Crippen molar-refractivity contribution in [2.24, 2.45) is 0 Å². The number of halogens is 6. The summed E-state index contributed by atoms with van der Waals surface area (Å²) in [6, 6.07) is 15.3. The summed E-state index contributed by atoms with van der Waals surface area (Å²) in [4.78, 5) is 3.69. The van der Waals surface area contributed by atoms with E-state index in [1.165, 1.54) is 28.7 Å². The van der Waals surface area contributed by atoms with Crippen LogP contribution in [0.2, 0.25) is 0 Å². The van der Waals surface area contributed by atoms with Crippen molar-refractivity contribution in [2.45, 2.75) is 103 Å². The molecular formula is C44H42F6O3S3. The second kappa shape index (κ2) is 12.8. The summed E-state index contributed by atoms with van der Waals surface area (Å²) in [7, 11) is 0. The summed E-state index contributed by atoms with van der Waals surface area (Å²) in [5.74, 6) is -18.5. The van der Waals surface area contributed by atoms with Gasteiger partial charge in [0, 0.05) is 63.7 Å². The van der Waals surface area contributed by atoms with E-state index in [9.17, 15) is 10.2 Å². The Labute approximate surface area is 334 Å². The fraction of sp³-hybridized carbons (Fsp3) is 0.364. The highest BCUT2D eigenvalue weighted by Crippen LogP contribution is 2.68. The number of hydrogen-bond acceptors (Lipinski definition) is 6. The van der Waals surface area contributed by atoms with Crippen LogP contribution in [0.15, 0.2) is 65.1 Å². The lowest BCUT2D eigenvalue weighted by Crippen LogP contribution is -2.48. The third kappa shape index (κ3) is 6.21. The van der Waals surface area contributed by atoms with Gasteiger partial charge < -0.3 is 14.6 Å². The summed E-state index contributed by atoms with van der Waals surface area (Å²) < 4.78 is 106. The highest BCUT2D eigenvalue weighted by atomic mass is 32.1. The molecule has 12 heteroatoms. The number of benzene rings is 2. The minimum absolute atomic E-state index is 0.146. The summed E-state index contributed by atoms with van der Waals surface area (Å²) in [6.07, 6.45) is 0. The van der Waals surface area contributed by atoms with E-state index in [0.29, 0.717) is 20.2 Å². The molecule has 0 aliphatic heterocycles. The number of aryl methyl sites for hydroxylation is 1. The minimum Gasteiger partial charge on any atom is -0.504 e. The van der Waals surface area contributed by atoms with Gasteiger partial charge in [-0.3, -0.25) is 0 Å². The molecule has 0 atom stereocenters. The van der Waals surface area contributed by atoms with E-state index < -0.39 is 57.3 Å². The van der Waals surface area contributed by atoms with Gasteiger partial charge in [0.25, 0.3) is 0 Å². The van der Waals surface area contributed by atoms with Crippen molar-refractivity contribution in [3.05, 3.63) is 92.7 Å². The number of fused-ring (bicyclic) bond motifs is 1. The van der Waals surface area contributed by atoms with Crippen LogP contribution in [0.5, 0.6) is 11.5 Å². The summed E-state index contributed by atoms with van der Waals surface area (Å²) in [6.45, 7) is 19.7. The average molecular weight is 829 g/mol. The van der Waals surface area contributed by atoms with E-state index >= 15 is 26.3 Å². The molecule has 6 aromatic rings. The lowest BCUT2D eigenvalue weighted by atomic mass is 9.86. The van der Waals surface area contributed by atoms with Crippen molar-refractivity contribution in [1.29, 1.82) is 0 Å². The molecule has 0 amide bonds. The van der Waals surface area contributed by atoms with Gasteiger partial charge in [-0.15, -0.1) is 34.0 Å². The monoisotopic (exact) mass is 828 g/mol. The number of alkyl halides is 6. The quantitative estimate of drug-likeness (QED) is 0.134. The number of aromatic hydroxyl groups is 2. The number of allylic oxidation sites excluding steroid dienone is 2. The Morgan fingerprint density at radius 3 is 1.73 bits per heavy atom. The third-order valence-electron chi connectivity index (χ3n) is 10.2. The van der Waals surface area contributed by atoms with Crippen LogP contribution in [0.3, 0.4) is 0 Å². The van der Waals surface area contributed by atoms with Crippen LogP contribution in [0, 0.1) is 6.92 Å². The van der Waals surface area contributed by atoms with Crippen LogP contribution in [0.1, 0.15) is 94.3 Å². The normalized spacial score (nSPS) is 17.1. The van der Waals surface area contributed by atoms with Crippen molar-refractivity contribution < 1.29 is 41.0 Å². The molecule has 0 saturated heterocycles. The molecule has 4 heterocycles. The highest BCUT2D eigenvalue weighted by Gasteiger charge is 2.81. The van der Waals surface area contributed by atoms with E-state index in [1.807, 2.05) is 80.5 Å². The zero-order valence-corrected chi connectivity index (χ0v) is 35.0. The van der Waals surface area contributed by atoms with Crippen LogP contribution < -0.4 is 0 Å². The zero-order valence-electron chi connectivity index (χ0n) is 32.6. The van der Waals surface area contributed by atoms with Gasteiger partial charge in [0.05, 0.1) is 4.88 Å². The predicted molar refractivity (Wildman–Crippen MR) is 218 cm³/mol. The van der Waals surface area contributed by atoms with Gasteiger partial charge >= 0.3 is 17.8 Å². The van der Waals surface area contributed by atoms with Crippen LogP contribution in [0.4, 0.5) is 26.3 Å². The van der Waals surface area contributed by atoms with Crippen LogP contribution in [0.25, 0.3) is 52.9 Å². The Morgan fingerprint density at radius 2 is 1.18 bits per heavy atom. The first-order chi connectivity index (χ1) is 25.7. The summed E-state index contributed by atoms with van der Waals surface area (Å²) in [5.41, 5.74) is -3.79. The molecule has 2 aromatic carbocycles. The lowest BCUT2D eigenvalue weighted by molar-refractivity contribution is -0.254. The second-order valence-corrected chi connectivity index (χ2v) is 20.8. The molecule has 0 radical (unpaired) electrons.